The third-order valence-electron chi connectivity index (χ3n) is 1.93. The molecule has 0 aliphatic rings. The summed E-state index contributed by atoms with van der Waals surface area (Å²) in [7, 11) is -1.81. The summed E-state index contributed by atoms with van der Waals surface area (Å²) in [5, 5.41) is 0. The lowest BCUT2D eigenvalue weighted by molar-refractivity contribution is 0.593. The molecule has 0 bridgehead atoms. The van der Waals surface area contributed by atoms with Gasteiger partial charge in [-0.1, -0.05) is 18.2 Å². The van der Waals surface area contributed by atoms with Gasteiger partial charge in [0, 0.05) is 7.05 Å². The van der Waals surface area contributed by atoms with E-state index in [4.69, 9.17) is 0 Å². The zero-order valence-electron chi connectivity index (χ0n) is 8.08. The van der Waals surface area contributed by atoms with Crippen LogP contribution in [0.1, 0.15) is 6.92 Å². The van der Waals surface area contributed by atoms with Crippen molar-refractivity contribution in [3.05, 3.63) is 30.3 Å². The number of thiol groups is 1. The molecule has 1 atom stereocenters. The second kappa shape index (κ2) is 4.23. The fraction of sp³-hybridized carbons (Fsp3) is 0.333. The van der Waals surface area contributed by atoms with Crippen LogP contribution < -0.4 is 4.31 Å². The molecule has 0 saturated heterocycles. The first-order valence-corrected chi connectivity index (χ1v) is 6.19. The van der Waals surface area contributed by atoms with Crippen molar-refractivity contribution in [2.75, 3.05) is 11.4 Å². The summed E-state index contributed by atoms with van der Waals surface area (Å²) in [5.74, 6) is 0. The molecule has 1 aromatic rings. The van der Waals surface area contributed by atoms with Gasteiger partial charge in [0.2, 0.25) is 10.0 Å². The van der Waals surface area contributed by atoms with Gasteiger partial charge in [0.1, 0.15) is 4.58 Å². The van der Waals surface area contributed by atoms with E-state index in [1.807, 2.05) is 6.07 Å². The lowest BCUT2D eigenvalue weighted by atomic mass is 10.3. The Balaban J connectivity index is 3.03. The van der Waals surface area contributed by atoms with E-state index in [1.165, 1.54) is 18.3 Å². The normalized spacial score (nSPS) is 13.6. The molecule has 0 amide bonds. The van der Waals surface area contributed by atoms with E-state index in [0.717, 1.165) is 0 Å². The lowest BCUT2D eigenvalue weighted by Gasteiger charge is -2.21. The monoisotopic (exact) mass is 231 g/mol. The van der Waals surface area contributed by atoms with Gasteiger partial charge in [0.25, 0.3) is 0 Å². The van der Waals surface area contributed by atoms with E-state index in [1.54, 1.807) is 24.3 Å². The molecule has 0 N–H and O–H groups in total. The highest BCUT2D eigenvalue weighted by molar-refractivity contribution is 8.05. The average molecular weight is 231 g/mol. The molecule has 0 aliphatic carbocycles. The summed E-state index contributed by atoms with van der Waals surface area (Å²) in [6.45, 7) is 1.54. The highest BCUT2D eigenvalue weighted by Gasteiger charge is 2.22. The number of hydrogen-bond donors (Lipinski definition) is 1. The van der Waals surface area contributed by atoms with Gasteiger partial charge < -0.3 is 0 Å². The van der Waals surface area contributed by atoms with Crippen LogP contribution >= 0.6 is 12.6 Å². The fourth-order valence-corrected chi connectivity index (χ4v) is 2.31. The number of sulfonamides is 1. The molecule has 0 radical (unpaired) electrons. The molecule has 1 rings (SSSR count). The van der Waals surface area contributed by atoms with E-state index in [2.05, 4.69) is 12.6 Å². The summed E-state index contributed by atoms with van der Waals surface area (Å²) in [5.41, 5.74) is 0.647. The van der Waals surface area contributed by atoms with Crippen LogP contribution in [0.4, 0.5) is 5.69 Å². The summed E-state index contributed by atoms with van der Waals surface area (Å²) < 4.78 is 23.9. The molecule has 1 unspecified atom stereocenters. The molecule has 0 fully saturated rings. The number of nitrogens with zero attached hydrogens (tertiary/aromatic N) is 1. The van der Waals surface area contributed by atoms with Gasteiger partial charge in [-0.05, 0) is 19.1 Å². The molecule has 78 valence electrons. The first-order valence-electron chi connectivity index (χ1n) is 4.17. The topological polar surface area (TPSA) is 37.4 Å². The van der Waals surface area contributed by atoms with E-state index < -0.39 is 14.6 Å². The molecule has 1 aromatic carbocycles. The Labute approximate surface area is 90.2 Å². The minimum Gasteiger partial charge on any atom is -0.272 e. The van der Waals surface area contributed by atoms with Crippen LogP contribution in [0.15, 0.2) is 30.3 Å². The summed E-state index contributed by atoms with van der Waals surface area (Å²) in [4.78, 5) is 0. The van der Waals surface area contributed by atoms with Gasteiger partial charge in [0.05, 0.1) is 5.69 Å². The van der Waals surface area contributed by atoms with E-state index in [9.17, 15) is 8.42 Å². The molecular formula is C9H13NO2S2. The van der Waals surface area contributed by atoms with Crippen molar-refractivity contribution in [3.8, 4) is 0 Å². The molecule has 0 heterocycles. The molecule has 14 heavy (non-hydrogen) atoms. The van der Waals surface area contributed by atoms with Crippen LogP contribution in [0.5, 0.6) is 0 Å². The maximum Gasteiger partial charge on any atom is 0.246 e. The number of benzene rings is 1. The lowest BCUT2D eigenvalue weighted by Crippen LogP contribution is -2.31. The number of rotatable bonds is 3. The Morgan fingerprint density at radius 1 is 1.29 bits per heavy atom. The van der Waals surface area contributed by atoms with Crippen LogP contribution in [-0.4, -0.2) is 20.0 Å². The zero-order valence-corrected chi connectivity index (χ0v) is 9.79. The summed E-state index contributed by atoms with van der Waals surface area (Å²) in [6.07, 6.45) is 0. The van der Waals surface area contributed by atoms with Gasteiger partial charge in [-0.15, -0.1) is 0 Å². The summed E-state index contributed by atoms with van der Waals surface area (Å²) >= 11 is 3.94. The van der Waals surface area contributed by atoms with Crippen molar-refractivity contribution in [3.63, 3.8) is 0 Å². The van der Waals surface area contributed by atoms with Crippen LogP contribution in [0.3, 0.4) is 0 Å². The highest BCUT2D eigenvalue weighted by atomic mass is 32.3. The third-order valence-corrected chi connectivity index (χ3v) is 4.57. The number of hydrogen-bond acceptors (Lipinski definition) is 3. The van der Waals surface area contributed by atoms with Gasteiger partial charge in [-0.3, -0.25) is 4.31 Å². The van der Waals surface area contributed by atoms with E-state index >= 15 is 0 Å². The maximum absolute atomic E-state index is 11.7. The quantitative estimate of drug-likeness (QED) is 0.804. The fourth-order valence-electron chi connectivity index (χ4n) is 1.01. The van der Waals surface area contributed by atoms with Crippen LogP contribution in [-0.2, 0) is 10.0 Å². The molecule has 3 nitrogen and oxygen atoms in total. The average Bonchev–Trinajstić information content (AvgIpc) is 2.17. The molecular weight excluding hydrogens is 218 g/mol. The van der Waals surface area contributed by atoms with Gasteiger partial charge >= 0.3 is 0 Å². The molecule has 0 aliphatic heterocycles. The molecule has 0 spiro atoms. The number of anilines is 1. The van der Waals surface area contributed by atoms with Crippen molar-refractivity contribution >= 4 is 28.3 Å². The van der Waals surface area contributed by atoms with Crippen molar-refractivity contribution in [2.24, 2.45) is 0 Å². The Bertz CT molecular complexity index is 387. The predicted octanol–water partition coefficient (Wildman–Crippen LogP) is 1.73. The highest BCUT2D eigenvalue weighted by Crippen LogP contribution is 2.19. The van der Waals surface area contributed by atoms with Gasteiger partial charge in [0.15, 0.2) is 0 Å². The SMILES string of the molecule is CC(S)S(=O)(=O)N(C)c1ccccc1. The zero-order chi connectivity index (χ0) is 10.8. The van der Waals surface area contributed by atoms with Crippen LogP contribution in [0.2, 0.25) is 0 Å². The minimum atomic E-state index is -3.33. The van der Waals surface area contributed by atoms with Crippen molar-refractivity contribution in [2.45, 2.75) is 11.5 Å². The first kappa shape index (κ1) is 11.4. The van der Waals surface area contributed by atoms with Crippen LogP contribution in [0.25, 0.3) is 0 Å². The molecule has 0 aromatic heterocycles. The summed E-state index contributed by atoms with van der Waals surface area (Å²) in [6, 6.07) is 8.92. The van der Waals surface area contributed by atoms with Crippen LogP contribution in [0, 0.1) is 0 Å². The van der Waals surface area contributed by atoms with E-state index in [-0.39, 0.29) is 0 Å². The second-order valence-electron chi connectivity index (χ2n) is 2.95. The van der Waals surface area contributed by atoms with E-state index in [0.29, 0.717) is 5.69 Å². The predicted molar refractivity (Wildman–Crippen MR) is 62.2 cm³/mol. The molecule has 5 heteroatoms. The third kappa shape index (κ3) is 2.22. The van der Waals surface area contributed by atoms with Gasteiger partial charge in [-0.25, -0.2) is 8.42 Å². The van der Waals surface area contributed by atoms with Crippen molar-refractivity contribution in [1.29, 1.82) is 0 Å². The second-order valence-corrected chi connectivity index (χ2v) is 6.36. The van der Waals surface area contributed by atoms with Gasteiger partial charge in [-0.2, -0.15) is 12.6 Å². The number of para-hydroxylation sites is 1. The smallest absolute Gasteiger partial charge is 0.246 e. The Kier molecular flexibility index (Phi) is 3.44. The largest absolute Gasteiger partial charge is 0.272 e. The molecule has 0 saturated carbocycles. The standard InChI is InChI=1S/C9H13NO2S2/c1-8(13)14(11,12)10(2)9-6-4-3-5-7-9/h3-8,13H,1-2H3. The first-order chi connectivity index (χ1) is 6.46. The Morgan fingerprint density at radius 3 is 2.21 bits per heavy atom. The minimum absolute atomic E-state index is 0.647. The Hall–Kier alpha value is -0.680. The van der Waals surface area contributed by atoms with Crippen molar-refractivity contribution in [1.82, 2.24) is 0 Å². The van der Waals surface area contributed by atoms with Crippen molar-refractivity contribution < 1.29 is 8.42 Å². The Morgan fingerprint density at radius 2 is 1.79 bits per heavy atom. The maximum atomic E-state index is 11.7.